The summed E-state index contributed by atoms with van der Waals surface area (Å²) in [6.07, 6.45) is 7.94. The van der Waals surface area contributed by atoms with E-state index < -0.39 is 6.10 Å². The Morgan fingerprint density at radius 1 is 1.38 bits per heavy atom. The number of hydrogen-bond donors (Lipinski definition) is 0. The number of carbonyl (C=O) groups excluding carboxylic acids is 2. The van der Waals surface area contributed by atoms with Crippen molar-refractivity contribution in [2.75, 3.05) is 6.61 Å². The first kappa shape index (κ1) is 20.2. The first-order valence-electron chi connectivity index (χ1n) is 9.32. The second-order valence-corrected chi connectivity index (χ2v) is 7.44. The summed E-state index contributed by atoms with van der Waals surface area (Å²) in [5.41, 5.74) is 3.96. The molecule has 1 aliphatic heterocycles. The summed E-state index contributed by atoms with van der Waals surface area (Å²) in [4.78, 5) is 23.8. The molecule has 0 bridgehead atoms. The number of rotatable bonds is 4. The topological polar surface area (TPSA) is 52.6 Å². The number of hydrogen-bond acceptors (Lipinski definition) is 4. The highest BCUT2D eigenvalue weighted by Gasteiger charge is 2.36. The van der Waals surface area contributed by atoms with E-state index in [1.54, 1.807) is 0 Å². The molecule has 0 amide bonds. The lowest BCUT2D eigenvalue weighted by Gasteiger charge is -2.34. The Balaban J connectivity index is 2.26. The van der Waals surface area contributed by atoms with E-state index in [1.165, 1.54) is 12.5 Å². The van der Waals surface area contributed by atoms with Crippen LogP contribution in [0.5, 0.6) is 0 Å². The molecule has 1 fully saturated rings. The lowest BCUT2D eigenvalue weighted by Crippen LogP contribution is -2.34. The van der Waals surface area contributed by atoms with Crippen LogP contribution in [0.25, 0.3) is 0 Å². The van der Waals surface area contributed by atoms with Crippen LogP contribution in [0.15, 0.2) is 47.6 Å². The molecule has 1 unspecified atom stereocenters. The molecule has 0 spiro atoms. The Morgan fingerprint density at radius 3 is 2.77 bits per heavy atom. The molecule has 2 rings (SSSR count). The monoisotopic (exact) mass is 358 g/mol. The number of ether oxygens (including phenoxy) is 2. The van der Waals surface area contributed by atoms with E-state index in [0.717, 1.165) is 36.8 Å². The molecular formula is C22H30O4. The van der Waals surface area contributed by atoms with E-state index in [-0.39, 0.29) is 23.8 Å². The van der Waals surface area contributed by atoms with Crippen LogP contribution < -0.4 is 0 Å². The number of carbonyl (C=O) groups is 2. The van der Waals surface area contributed by atoms with E-state index >= 15 is 0 Å². The molecule has 0 aromatic heterocycles. The van der Waals surface area contributed by atoms with Crippen LogP contribution >= 0.6 is 0 Å². The fourth-order valence-electron chi connectivity index (χ4n) is 3.69. The Labute approximate surface area is 156 Å². The van der Waals surface area contributed by atoms with Gasteiger partial charge < -0.3 is 9.47 Å². The zero-order chi connectivity index (χ0) is 19.3. The van der Waals surface area contributed by atoms with Gasteiger partial charge in [0.15, 0.2) is 0 Å². The van der Waals surface area contributed by atoms with Crippen LogP contribution in [-0.2, 0) is 19.1 Å². The molecular weight excluding hydrogens is 328 g/mol. The van der Waals surface area contributed by atoms with E-state index in [1.807, 2.05) is 13.0 Å². The summed E-state index contributed by atoms with van der Waals surface area (Å²) < 4.78 is 10.8. The molecule has 4 heteroatoms. The maximum Gasteiger partial charge on any atom is 0.334 e. The van der Waals surface area contributed by atoms with Crippen LogP contribution in [0.4, 0.5) is 0 Å². The van der Waals surface area contributed by atoms with Crippen LogP contribution in [-0.4, -0.2) is 24.6 Å². The van der Waals surface area contributed by atoms with E-state index in [9.17, 15) is 9.59 Å². The molecule has 0 aromatic rings. The zero-order valence-electron chi connectivity index (χ0n) is 16.2. The fraction of sp³-hybridized carbons (Fsp3) is 0.545. The van der Waals surface area contributed by atoms with Crippen molar-refractivity contribution in [2.24, 2.45) is 11.8 Å². The van der Waals surface area contributed by atoms with Crippen molar-refractivity contribution < 1.29 is 19.1 Å². The van der Waals surface area contributed by atoms with Crippen molar-refractivity contribution in [3.8, 4) is 0 Å². The lowest BCUT2D eigenvalue weighted by atomic mass is 9.76. The Kier molecular flexibility index (Phi) is 7.01. The maximum absolute atomic E-state index is 12.5. The smallest absolute Gasteiger partial charge is 0.334 e. The van der Waals surface area contributed by atoms with Crippen LogP contribution in [0.2, 0.25) is 0 Å². The molecule has 2 aliphatic rings. The quantitative estimate of drug-likeness (QED) is 0.416. The second-order valence-electron chi connectivity index (χ2n) is 7.44. The van der Waals surface area contributed by atoms with Crippen molar-refractivity contribution in [3.63, 3.8) is 0 Å². The van der Waals surface area contributed by atoms with Gasteiger partial charge in [-0.15, -0.1) is 0 Å². The largest absolute Gasteiger partial charge is 0.462 e. The van der Waals surface area contributed by atoms with Crippen LogP contribution in [0, 0.1) is 11.8 Å². The molecule has 1 aliphatic carbocycles. The second kappa shape index (κ2) is 9.02. The summed E-state index contributed by atoms with van der Waals surface area (Å²) in [6, 6.07) is 0. The minimum absolute atomic E-state index is 0.105. The highest BCUT2D eigenvalue weighted by molar-refractivity contribution is 5.90. The van der Waals surface area contributed by atoms with Crippen LogP contribution in [0.1, 0.15) is 52.9 Å². The summed E-state index contributed by atoms with van der Waals surface area (Å²) in [6.45, 7) is 13.9. The van der Waals surface area contributed by atoms with Crippen molar-refractivity contribution in [1.29, 1.82) is 0 Å². The van der Waals surface area contributed by atoms with Gasteiger partial charge in [0.05, 0.1) is 6.61 Å². The van der Waals surface area contributed by atoms with Crippen molar-refractivity contribution in [2.45, 2.75) is 59.0 Å². The molecule has 26 heavy (non-hydrogen) atoms. The van der Waals surface area contributed by atoms with E-state index in [4.69, 9.17) is 9.47 Å². The van der Waals surface area contributed by atoms with Crippen molar-refractivity contribution in [3.05, 3.63) is 47.6 Å². The van der Waals surface area contributed by atoms with Crippen molar-refractivity contribution in [1.82, 2.24) is 0 Å². The lowest BCUT2D eigenvalue weighted by molar-refractivity contribution is -0.145. The molecule has 142 valence electrons. The van der Waals surface area contributed by atoms with Gasteiger partial charge in [0.2, 0.25) is 0 Å². The molecule has 3 atom stereocenters. The Bertz CT molecular complexity index is 653. The fourth-order valence-corrected chi connectivity index (χ4v) is 3.69. The third-order valence-electron chi connectivity index (χ3n) is 5.26. The van der Waals surface area contributed by atoms with Gasteiger partial charge in [-0.25, -0.2) is 4.79 Å². The molecule has 1 heterocycles. The molecule has 0 aromatic carbocycles. The predicted octanol–water partition coefficient (Wildman–Crippen LogP) is 4.68. The SMILES string of the molecule is C=C(C)C(C/C=C1\C(=O)OC[C@H]2C(=C)CC/C=C(\C)CC[C@H]12)OC(C)=O. The maximum atomic E-state index is 12.5. The van der Waals surface area contributed by atoms with Gasteiger partial charge in [-0.05, 0) is 45.1 Å². The van der Waals surface area contributed by atoms with Gasteiger partial charge in [0.1, 0.15) is 6.10 Å². The van der Waals surface area contributed by atoms with Gasteiger partial charge in [0.25, 0.3) is 0 Å². The molecule has 0 N–H and O–H groups in total. The summed E-state index contributed by atoms with van der Waals surface area (Å²) in [5.74, 6) is -0.344. The average Bonchev–Trinajstić information content (AvgIpc) is 2.62. The van der Waals surface area contributed by atoms with Gasteiger partial charge in [-0.3, -0.25) is 4.79 Å². The molecule has 4 nitrogen and oxygen atoms in total. The Hall–Kier alpha value is -2.10. The standard InChI is InChI=1S/C22H30O4/c1-14(2)21(26-17(5)23)12-11-19-18-10-9-15(3)7-6-8-16(4)20(18)13-25-22(19)24/h7,11,18,20-21H,1,4,6,8-10,12-13H2,2-3,5H3/b15-7+,19-11-/t18-,20+,21?/m1/s1. The average molecular weight is 358 g/mol. The number of cyclic esters (lactones) is 1. The normalized spacial score (nSPS) is 28.6. The predicted molar refractivity (Wildman–Crippen MR) is 102 cm³/mol. The first-order valence-corrected chi connectivity index (χ1v) is 9.32. The third kappa shape index (κ3) is 5.20. The van der Waals surface area contributed by atoms with Gasteiger partial charge in [0, 0.05) is 30.8 Å². The number of esters is 2. The third-order valence-corrected chi connectivity index (χ3v) is 5.26. The highest BCUT2D eigenvalue weighted by Crippen LogP contribution is 2.39. The zero-order valence-corrected chi connectivity index (χ0v) is 16.2. The van der Waals surface area contributed by atoms with E-state index in [2.05, 4.69) is 26.2 Å². The molecule has 0 saturated carbocycles. The molecule has 0 radical (unpaired) electrons. The summed E-state index contributed by atoms with van der Waals surface area (Å²) >= 11 is 0. The first-order chi connectivity index (χ1) is 12.3. The summed E-state index contributed by atoms with van der Waals surface area (Å²) in [7, 11) is 0. The molecule has 1 saturated heterocycles. The van der Waals surface area contributed by atoms with Crippen LogP contribution in [0.3, 0.4) is 0 Å². The Morgan fingerprint density at radius 2 is 2.12 bits per heavy atom. The highest BCUT2D eigenvalue weighted by atomic mass is 16.5. The van der Waals surface area contributed by atoms with Gasteiger partial charge in [-0.2, -0.15) is 0 Å². The number of allylic oxidation sites excluding steroid dienone is 2. The minimum atomic E-state index is -0.422. The van der Waals surface area contributed by atoms with Gasteiger partial charge >= 0.3 is 11.9 Å². The van der Waals surface area contributed by atoms with E-state index in [0.29, 0.717) is 18.6 Å². The number of fused-ring (bicyclic) bond motifs is 1. The van der Waals surface area contributed by atoms with Crippen molar-refractivity contribution >= 4 is 11.9 Å². The van der Waals surface area contributed by atoms with Gasteiger partial charge in [-0.1, -0.05) is 36.5 Å². The minimum Gasteiger partial charge on any atom is -0.462 e. The summed E-state index contributed by atoms with van der Waals surface area (Å²) in [5, 5.41) is 0.